The third-order valence-electron chi connectivity index (χ3n) is 3.40. The Morgan fingerprint density at radius 3 is 2.89 bits per heavy atom. The normalized spacial score (nSPS) is 12.6. The Morgan fingerprint density at radius 2 is 2.21 bits per heavy atom. The quantitative estimate of drug-likeness (QED) is 0.895. The summed E-state index contributed by atoms with van der Waals surface area (Å²) in [5, 5.41) is 3.37. The Bertz CT molecular complexity index is 548. The minimum Gasteiger partial charge on any atom is -0.334 e. The fraction of sp³-hybridized carbons (Fsp3) is 0.400. The lowest BCUT2D eigenvalue weighted by molar-refractivity contribution is 0.535. The molecule has 0 aliphatic heterocycles. The van der Waals surface area contributed by atoms with Gasteiger partial charge in [-0.05, 0) is 38.0 Å². The van der Waals surface area contributed by atoms with Crippen molar-refractivity contribution >= 4 is 0 Å². The van der Waals surface area contributed by atoms with Crippen LogP contribution in [-0.4, -0.2) is 9.55 Å². The minimum atomic E-state index is -0.152. The van der Waals surface area contributed by atoms with E-state index in [2.05, 4.69) is 21.8 Å². The summed E-state index contributed by atoms with van der Waals surface area (Å²) in [6.07, 6.45) is 3.77. The third kappa shape index (κ3) is 3.20. The highest BCUT2D eigenvalue weighted by Crippen LogP contribution is 2.16. The van der Waals surface area contributed by atoms with Gasteiger partial charge in [0, 0.05) is 25.0 Å². The molecule has 102 valence electrons. The van der Waals surface area contributed by atoms with Gasteiger partial charge in [-0.3, -0.25) is 0 Å². The van der Waals surface area contributed by atoms with Gasteiger partial charge in [0.15, 0.2) is 0 Å². The van der Waals surface area contributed by atoms with Gasteiger partial charge in [0.2, 0.25) is 0 Å². The van der Waals surface area contributed by atoms with E-state index < -0.39 is 0 Å². The van der Waals surface area contributed by atoms with Crippen LogP contribution in [-0.2, 0) is 13.1 Å². The molecule has 1 heterocycles. The van der Waals surface area contributed by atoms with Crippen molar-refractivity contribution in [2.24, 2.45) is 0 Å². The molecule has 0 fully saturated rings. The van der Waals surface area contributed by atoms with Crippen LogP contribution >= 0.6 is 0 Å². The second-order valence-electron chi connectivity index (χ2n) is 4.74. The van der Waals surface area contributed by atoms with E-state index in [9.17, 15) is 4.39 Å². The first-order valence-corrected chi connectivity index (χ1v) is 6.61. The predicted molar refractivity (Wildman–Crippen MR) is 74.3 cm³/mol. The van der Waals surface area contributed by atoms with Crippen LogP contribution in [0.3, 0.4) is 0 Å². The Labute approximate surface area is 113 Å². The smallest absolute Gasteiger partial charge is 0.126 e. The van der Waals surface area contributed by atoms with Crippen molar-refractivity contribution in [2.75, 3.05) is 0 Å². The highest BCUT2D eigenvalue weighted by atomic mass is 19.1. The largest absolute Gasteiger partial charge is 0.334 e. The molecule has 0 radical (unpaired) electrons. The second kappa shape index (κ2) is 5.97. The summed E-state index contributed by atoms with van der Waals surface area (Å²) in [6.45, 7) is 7.48. The molecular formula is C15H20FN3. The second-order valence-corrected chi connectivity index (χ2v) is 4.74. The summed E-state index contributed by atoms with van der Waals surface area (Å²) < 4.78 is 15.6. The van der Waals surface area contributed by atoms with Gasteiger partial charge in [0.25, 0.3) is 0 Å². The monoisotopic (exact) mass is 261 g/mol. The van der Waals surface area contributed by atoms with Crippen molar-refractivity contribution in [3.05, 3.63) is 53.4 Å². The van der Waals surface area contributed by atoms with Crippen LogP contribution in [0.2, 0.25) is 0 Å². The van der Waals surface area contributed by atoms with Crippen LogP contribution in [0.4, 0.5) is 4.39 Å². The van der Waals surface area contributed by atoms with Gasteiger partial charge in [-0.1, -0.05) is 12.1 Å². The molecule has 1 N–H and O–H groups in total. The standard InChI is InChI=1S/C15H20FN3/c1-4-19-8-7-17-15(19)10-18-12(3)13-6-5-11(2)14(16)9-13/h5-9,12,18H,4,10H2,1-3H3. The molecule has 0 bridgehead atoms. The molecule has 2 aromatic rings. The molecule has 1 aromatic heterocycles. The average Bonchev–Trinajstić information content (AvgIpc) is 2.86. The first-order chi connectivity index (χ1) is 9.11. The average molecular weight is 261 g/mol. The number of hydrogen-bond donors (Lipinski definition) is 1. The van der Waals surface area contributed by atoms with Crippen molar-refractivity contribution in [3.63, 3.8) is 0 Å². The zero-order valence-electron chi connectivity index (χ0n) is 11.7. The highest BCUT2D eigenvalue weighted by molar-refractivity contribution is 5.25. The Hall–Kier alpha value is -1.68. The first kappa shape index (κ1) is 13.7. The van der Waals surface area contributed by atoms with Crippen LogP contribution in [0.25, 0.3) is 0 Å². The molecule has 1 unspecified atom stereocenters. The summed E-state index contributed by atoms with van der Waals surface area (Å²) in [6, 6.07) is 5.47. The van der Waals surface area contributed by atoms with E-state index in [1.807, 2.05) is 25.3 Å². The van der Waals surface area contributed by atoms with Gasteiger partial charge in [-0.2, -0.15) is 0 Å². The van der Waals surface area contributed by atoms with Gasteiger partial charge in [0.05, 0.1) is 6.54 Å². The number of nitrogens with one attached hydrogen (secondary N) is 1. The molecule has 0 spiro atoms. The zero-order valence-corrected chi connectivity index (χ0v) is 11.7. The number of rotatable bonds is 5. The predicted octanol–water partition coefficient (Wildman–Crippen LogP) is 3.20. The van der Waals surface area contributed by atoms with Crippen LogP contribution in [0.1, 0.15) is 36.8 Å². The molecule has 1 aromatic carbocycles. The summed E-state index contributed by atoms with van der Waals surface area (Å²) in [5.41, 5.74) is 1.63. The van der Waals surface area contributed by atoms with E-state index in [1.54, 1.807) is 19.2 Å². The van der Waals surface area contributed by atoms with E-state index in [4.69, 9.17) is 0 Å². The van der Waals surface area contributed by atoms with Gasteiger partial charge in [-0.15, -0.1) is 0 Å². The van der Waals surface area contributed by atoms with Crippen LogP contribution in [0.5, 0.6) is 0 Å². The summed E-state index contributed by atoms with van der Waals surface area (Å²) >= 11 is 0. The number of hydrogen-bond acceptors (Lipinski definition) is 2. The van der Waals surface area contributed by atoms with Crippen molar-refractivity contribution in [3.8, 4) is 0 Å². The molecule has 3 nitrogen and oxygen atoms in total. The van der Waals surface area contributed by atoms with Gasteiger partial charge in [-0.25, -0.2) is 9.37 Å². The molecule has 2 rings (SSSR count). The Balaban J connectivity index is 2.01. The summed E-state index contributed by atoms with van der Waals surface area (Å²) in [5.74, 6) is 0.850. The molecule has 0 aliphatic carbocycles. The lowest BCUT2D eigenvalue weighted by Crippen LogP contribution is -2.20. The molecule has 19 heavy (non-hydrogen) atoms. The van der Waals surface area contributed by atoms with Crippen LogP contribution < -0.4 is 5.32 Å². The van der Waals surface area contributed by atoms with Gasteiger partial charge >= 0.3 is 0 Å². The number of halogens is 1. The lowest BCUT2D eigenvalue weighted by atomic mass is 10.1. The topological polar surface area (TPSA) is 29.9 Å². The van der Waals surface area contributed by atoms with Crippen molar-refractivity contribution in [2.45, 2.75) is 39.9 Å². The van der Waals surface area contributed by atoms with Crippen molar-refractivity contribution in [1.29, 1.82) is 0 Å². The number of aryl methyl sites for hydroxylation is 2. The van der Waals surface area contributed by atoms with Crippen LogP contribution in [0, 0.1) is 12.7 Å². The summed E-state index contributed by atoms with van der Waals surface area (Å²) in [7, 11) is 0. The Kier molecular flexibility index (Phi) is 4.32. The van der Waals surface area contributed by atoms with Crippen molar-refractivity contribution < 1.29 is 4.39 Å². The molecule has 0 amide bonds. The molecular weight excluding hydrogens is 241 g/mol. The number of benzene rings is 1. The van der Waals surface area contributed by atoms with E-state index in [0.717, 1.165) is 17.9 Å². The molecule has 0 saturated heterocycles. The minimum absolute atomic E-state index is 0.0945. The highest BCUT2D eigenvalue weighted by Gasteiger charge is 2.09. The van der Waals surface area contributed by atoms with Gasteiger partial charge < -0.3 is 9.88 Å². The molecule has 4 heteroatoms. The van der Waals surface area contributed by atoms with E-state index >= 15 is 0 Å². The molecule has 0 aliphatic rings. The molecule has 1 atom stereocenters. The first-order valence-electron chi connectivity index (χ1n) is 6.61. The number of nitrogens with zero attached hydrogens (tertiary/aromatic N) is 2. The Morgan fingerprint density at radius 1 is 1.42 bits per heavy atom. The maximum Gasteiger partial charge on any atom is 0.126 e. The molecule has 0 saturated carbocycles. The fourth-order valence-corrected chi connectivity index (χ4v) is 2.04. The zero-order chi connectivity index (χ0) is 13.8. The summed E-state index contributed by atoms with van der Waals surface area (Å²) in [4.78, 5) is 4.31. The maximum absolute atomic E-state index is 13.5. The third-order valence-corrected chi connectivity index (χ3v) is 3.40. The van der Waals surface area contributed by atoms with Crippen molar-refractivity contribution in [1.82, 2.24) is 14.9 Å². The number of aromatic nitrogens is 2. The van der Waals surface area contributed by atoms with E-state index in [-0.39, 0.29) is 11.9 Å². The van der Waals surface area contributed by atoms with E-state index in [1.165, 1.54) is 0 Å². The van der Waals surface area contributed by atoms with Gasteiger partial charge in [0.1, 0.15) is 11.6 Å². The SMILES string of the molecule is CCn1ccnc1CNC(C)c1ccc(C)c(F)c1. The lowest BCUT2D eigenvalue weighted by Gasteiger charge is -2.15. The maximum atomic E-state index is 13.5. The number of imidazole rings is 1. The van der Waals surface area contributed by atoms with Crippen LogP contribution in [0.15, 0.2) is 30.6 Å². The van der Waals surface area contributed by atoms with E-state index in [0.29, 0.717) is 12.1 Å². The fourth-order valence-electron chi connectivity index (χ4n) is 2.04.